The lowest BCUT2D eigenvalue weighted by Gasteiger charge is -2.30. The van der Waals surface area contributed by atoms with Crippen LogP contribution in [0.3, 0.4) is 0 Å². The summed E-state index contributed by atoms with van der Waals surface area (Å²) >= 11 is 0. The van der Waals surface area contributed by atoms with Crippen molar-refractivity contribution in [1.29, 1.82) is 0 Å². The molecule has 0 aromatic carbocycles. The van der Waals surface area contributed by atoms with Gasteiger partial charge in [-0.05, 0) is 12.8 Å². The van der Waals surface area contributed by atoms with E-state index in [1.165, 1.54) is 0 Å². The van der Waals surface area contributed by atoms with Crippen molar-refractivity contribution in [2.45, 2.75) is 104 Å². The maximum atomic E-state index is 11.5. The number of ether oxygens (including phenoxy) is 2. The highest BCUT2D eigenvalue weighted by Gasteiger charge is 2.26. The number of aliphatic carboxylic acids is 4. The second kappa shape index (κ2) is 17.8. The van der Waals surface area contributed by atoms with Crippen LogP contribution in [-0.2, 0) is 28.7 Å². The molecular formula is C24H42N4O12-2. The minimum Gasteiger partial charge on any atom is -0.595 e. The van der Waals surface area contributed by atoms with E-state index in [1.807, 2.05) is 0 Å². The molecule has 0 saturated heterocycles. The average Bonchev–Trinajstić information content (AvgIpc) is 2.76. The van der Waals surface area contributed by atoms with Crippen LogP contribution in [0.15, 0.2) is 9.98 Å². The number of carboxylic acid groups (broad SMARTS) is 4. The summed E-state index contributed by atoms with van der Waals surface area (Å²) in [4.78, 5) is 50.6. The topological polar surface area (TPSA) is 263 Å². The van der Waals surface area contributed by atoms with Crippen molar-refractivity contribution < 1.29 is 59.3 Å². The van der Waals surface area contributed by atoms with Crippen molar-refractivity contribution >= 4 is 36.0 Å². The molecule has 0 radical (unpaired) electrons. The van der Waals surface area contributed by atoms with E-state index in [1.54, 1.807) is 55.4 Å². The van der Waals surface area contributed by atoms with E-state index in [0.717, 1.165) is 0 Å². The lowest BCUT2D eigenvalue weighted by atomic mass is 10.1. The molecular weight excluding hydrogens is 536 g/mol. The molecule has 16 nitrogen and oxygen atoms in total. The van der Waals surface area contributed by atoms with Crippen molar-refractivity contribution in [1.82, 2.24) is 10.6 Å². The van der Waals surface area contributed by atoms with E-state index in [9.17, 15) is 39.6 Å². The van der Waals surface area contributed by atoms with Crippen LogP contribution in [0, 0.1) is 0 Å². The van der Waals surface area contributed by atoms with Crippen LogP contribution in [0.25, 0.3) is 0 Å². The standard InChI is InChI=1S/C16H29N3O8.C8H15NO4/c1-15(2,3)26-13(24)17-7-9(11(20)21)19-10(12(22)23)8-18-14(25)27-16(4,5)6;1-3-5(7(10)11)9-6(4-2)8(12)13/h9-10,19H,7-8H2,1-6H3,(H,17,24)(H,18,25)(H,20,21)(H,22,23);5-6,9H,3-4H2,1-2H3,(H,10,11)(H,12,13)/p-2/t9-,10?;5-,6?/m00/s1. The lowest BCUT2D eigenvalue weighted by molar-refractivity contribution is -0.261. The molecule has 0 aliphatic carbocycles. The number of hydrogen-bond donors (Lipinski definition) is 6. The number of nitrogens with zero attached hydrogens (tertiary/aromatic N) is 2. The van der Waals surface area contributed by atoms with Gasteiger partial charge in [-0.25, -0.2) is 0 Å². The first-order valence-corrected chi connectivity index (χ1v) is 12.4. The number of carboxylic acids is 4. The summed E-state index contributed by atoms with van der Waals surface area (Å²) in [5.74, 6) is -4.87. The summed E-state index contributed by atoms with van der Waals surface area (Å²) in [7, 11) is 0. The fraction of sp³-hybridized carbons (Fsp3) is 0.750. The summed E-state index contributed by atoms with van der Waals surface area (Å²) in [6.07, 6.45) is -1.19. The van der Waals surface area contributed by atoms with Crippen LogP contribution in [0.4, 0.5) is 0 Å². The Balaban J connectivity index is 0. The van der Waals surface area contributed by atoms with Crippen molar-refractivity contribution in [3.05, 3.63) is 0 Å². The third kappa shape index (κ3) is 19.4. The number of carbonyl (C=O) groups is 4. The van der Waals surface area contributed by atoms with Gasteiger partial charge < -0.3 is 40.1 Å². The van der Waals surface area contributed by atoms with Crippen molar-refractivity contribution in [3.8, 4) is 0 Å². The number of aliphatic imine (C=N–C) groups is 2. The monoisotopic (exact) mass is 578 g/mol. The minimum atomic E-state index is -1.49. The van der Waals surface area contributed by atoms with E-state index in [-0.39, 0.29) is 0 Å². The van der Waals surface area contributed by atoms with Gasteiger partial charge in [0.1, 0.15) is 36.3 Å². The van der Waals surface area contributed by atoms with Gasteiger partial charge in [-0.2, -0.15) is 0 Å². The molecule has 0 saturated carbocycles. The SMILES string of the molecule is CC(C)(C)OC([O-])=NCC(N[C@@H](CN=C([O-])OC(C)(C)C)C(=O)O)C(=O)O.CCC(N[C@@H](CC)C(=O)O)C(=O)O. The summed E-state index contributed by atoms with van der Waals surface area (Å²) in [5.41, 5.74) is -1.61. The van der Waals surface area contributed by atoms with Crippen molar-refractivity contribution in [2.75, 3.05) is 13.1 Å². The molecule has 0 fully saturated rings. The van der Waals surface area contributed by atoms with E-state index >= 15 is 0 Å². The first-order chi connectivity index (χ1) is 18.1. The minimum absolute atomic E-state index is 0.374. The van der Waals surface area contributed by atoms with Crippen molar-refractivity contribution in [3.63, 3.8) is 0 Å². The van der Waals surface area contributed by atoms with Crippen LogP contribution in [0.2, 0.25) is 0 Å². The first kappa shape index (κ1) is 38.5. The summed E-state index contributed by atoms with van der Waals surface area (Å²) in [5, 5.41) is 63.6. The Morgan fingerprint density at radius 1 is 0.625 bits per heavy atom. The van der Waals surface area contributed by atoms with Gasteiger partial charge in [0.2, 0.25) is 0 Å². The van der Waals surface area contributed by atoms with Crippen molar-refractivity contribution in [2.24, 2.45) is 9.98 Å². The Bertz CT molecular complexity index is 823. The molecule has 0 bridgehead atoms. The zero-order chi connectivity index (χ0) is 31.8. The number of rotatable bonds is 14. The fourth-order valence-electron chi connectivity index (χ4n) is 2.54. The van der Waals surface area contributed by atoms with Gasteiger partial charge in [-0.15, -0.1) is 0 Å². The third-order valence-corrected chi connectivity index (χ3v) is 4.41. The highest BCUT2D eigenvalue weighted by molar-refractivity contribution is 5.79. The predicted molar refractivity (Wildman–Crippen MR) is 139 cm³/mol. The van der Waals surface area contributed by atoms with Gasteiger partial charge in [0.05, 0.1) is 13.1 Å². The molecule has 40 heavy (non-hydrogen) atoms. The predicted octanol–water partition coefficient (Wildman–Crippen LogP) is -1.15. The lowest BCUT2D eigenvalue weighted by Crippen LogP contribution is -2.50. The zero-order valence-corrected chi connectivity index (χ0v) is 24.1. The van der Waals surface area contributed by atoms with Gasteiger partial charge in [-0.1, -0.05) is 55.4 Å². The van der Waals surface area contributed by atoms with Crippen LogP contribution in [0.5, 0.6) is 0 Å². The second-order valence-corrected chi connectivity index (χ2v) is 10.4. The van der Waals surface area contributed by atoms with Gasteiger partial charge in [0.15, 0.2) is 0 Å². The molecule has 0 aliphatic rings. The molecule has 0 rings (SSSR count). The molecule has 0 spiro atoms. The molecule has 0 amide bonds. The molecule has 0 aromatic rings. The quantitative estimate of drug-likeness (QED) is 0.105. The highest BCUT2D eigenvalue weighted by atomic mass is 16.6. The largest absolute Gasteiger partial charge is 0.595 e. The van der Waals surface area contributed by atoms with Crippen LogP contribution in [0.1, 0.15) is 68.2 Å². The summed E-state index contributed by atoms with van der Waals surface area (Å²) < 4.78 is 9.85. The maximum absolute atomic E-state index is 11.5. The van der Waals surface area contributed by atoms with Crippen LogP contribution in [-0.4, -0.2) is 105 Å². The summed E-state index contributed by atoms with van der Waals surface area (Å²) in [6, 6.07) is -4.54. The maximum Gasteiger partial charge on any atom is 0.322 e. The summed E-state index contributed by atoms with van der Waals surface area (Å²) in [6.45, 7) is 12.0. The van der Waals surface area contributed by atoms with E-state index < -0.39 is 84.5 Å². The molecule has 0 heterocycles. The Morgan fingerprint density at radius 2 is 0.875 bits per heavy atom. The molecule has 232 valence electrons. The molecule has 0 aliphatic heterocycles. The normalized spacial score (nSPS) is 15.5. The van der Waals surface area contributed by atoms with Crippen LogP contribution >= 0.6 is 0 Å². The molecule has 6 N–H and O–H groups in total. The Labute approximate surface area is 233 Å². The average molecular weight is 579 g/mol. The Morgan fingerprint density at radius 3 is 1.07 bits per heavy atom. The second-order valence-electron chi connectivity index (χ2n) is 10.4. The smallest absolute Gasteiger partial charge is 0.322 e. The highest BCUT2D eigenvalue weighted by Crippen LogP contribution is 2.07. The van der Waals surface area contributed by atoms with Gasteiger partial charge in [-0.3, -0.25) is 39.8 Å². The Kier molecular flexibility index (Phi) is 17.2. The Hall–Kier alpha value is -3.66. The van der Waals surface area contributed by atoms with E-state index in [4.69, 9.17) is 19.7 Å². The first-order valence-electron chi connectivity index (χ1n) is 12.4. The van der Waals surface area contributed by atoms with E-state index in [0.29, 0.717) is 12.8 Å². The van der Waals surface area contributed by atoms with E-state index in [2.05, 4.69) is 20.6 Å². The van der Waals surface area contributed by atoms with Crippen LogP contribution < -0.4 is 20.8 Å². The number of hydrogen-bond acceptors (Lipinski definition) is 12. The fourth-order valence-corrected chi connectivity index (χ4v) is 2.54. The molecule has 2 unspecified atom stereocenters. The van der Waals surface area contributed by atoms with Gasteiger partial charge >= 0.3 is 23.9 Å². The number of nitrogens with one attached hydrogen (secondary N) is 2. The molecule has 4 atom stereocenters. The third-order valence-electron chi connectivity index (χ3n) is 4.41. The van der Waals surface area contributed by atoms with Gasteiger partial charge in [0.25, 0.3) is 0 Å². The van der Waals surface area contributed by atoms with Gasteiger partial charge in [0, 0.05) is 11.2 Å². The molecule has 0 aromatic heterocycles. The molecule has 16 heteroatoms. The zero-order valence-electron chi connectivity index (χ0n) is 24.1.